The van der Waals surface area contributed by atoms with Gasteiger partial charge in [0.2, 0.25) is 0 Å². The molecule has 1 aliphatic heterocycles. The van der Waals surface area contributed by atoms with Gasteiger partial charge in [0, 0.05) is 25.2 Å². The van der Waals surface area contributed by atoms with Crippen LogP contribution in [0.15, 0.2) is 0 Å². The van der Waals surface area contributed by atoms with Crippen LogP contribution in [0.3, 0.4) is 0 Å². The van der Waals surface area contributed by atoms with Gasteiger partial charge in [-0.3, -0.25) is 4.90 Å². The number of nitrogens with zero attached hydrogens (tertiary/aromatic N) is 1. The number of hydrogen-bond donors (Lipinski definition) is 1. The van der Waals surface area contributed by atoms with Crippen LogP contribution in [0.1, 0.15) is 72.1 Å². The minimum absolute atomic E-state index is 0.696. The van der Waals surface area contributed by atoms with E-state index in [0.717, 1.165) is 18.6 Å². The van der Waals surface area contributed by atoms with Crippen molar-refractivity contribution in [1.82, 2.24) is 10.2 Å². The van der Waals surface area contributed by atoms with Crippen LogP contribution in [0.2, 0.25) is 0 Å². The van der Waals surface area contributed by atoms with Crippen LogP contribution in [0, 0.1) is 5.41 Å². The first-order chi connectivity index (χ1) is 9.23. The lowest BCUT2D eigenvalue weighted by Crippen LogP contribution is -2.60. The number of likely N-dealkylation sites (tertiary alicyclic amines) is 1. The van der Waals surface area contributed by atoms with Gasteiger partial charge in [0.05, 0.1) is 0 Å². The Balaban J connectivity index is 1.74. The lowest BCUT2D eigenvalue weighted by atomic mass is 9.71. The van der Waals surface area contributed by atoms with E-state index in [9.17, 15) is 0 Å². The second-order valence-corrected chi connectivity index (χ2v) is 6.97. The average Bonchev–Trinajstić information content (AvgIpc) is 2.37. The Kier molecular flexibility index (Phi) is 5.70. The monoisotopic (exact) mass is 266 g/mol. The number of hydrogen-bond acceptors (Lipinski definition) is 2. The zero-order valence-electron chi connectivity index (χ0n) is 13.4. The molecule has 1 saturated carbocycles. The molecule has 19 heavy (non-hydrogen) atoms. The molecule has 0 spiro atoms. The van der Waals surface area contributed by atoms with Crippen molar-refractivity contribution < 1.29 is 0 Å². The molecule has 112 valence electrons. The van der Waals surface area contributed by atoms with E-state index in [4.69, 9.17) is 0 Å². The summed E-state index contributed by atoms with van der Waals surface area (Å²) in [5.41, 5.74) is 0.696. The fraction of sp³-hybridized carbons (Fsp3) is 1.00. The van der Waals surface area contributed by atoms with Gasteiger partial charge >= 0.3 is 0 Å². The first kappa shape index (κ1) is 15.3. The van der Waals surface area contributed by atoms with Gasteiger partial charge in [-0.1, -0.05) is 33.6 Å². The van der Waals surface area contributed by atoms with Crippen molar-refractivity contribution in [2.45, 2.75) is 84.2 Å². The molecule has 2 rings (SSSR count). The summed E-state index contributed by atoms with van der Waals surface area (Å²) >= 11 is 0. The van der Waals surface area contributed by atoms with Gasteiger partial charge < -0.3 is 5.32 Å². The smallest absolute Gasteiger partial charge is 0.00968 e. The maximum atomic E-state index is 3.62. The lowest BCUT2D eigenvalue weighted by Gasteiger charge is -2.55. The topological polar surface area (TPSA) is 15.3 Å². The fourth-order valence-corrected chi connectivity index (χ4v) is 4.51. The van der Waals surface area contributed by atoms with E-state index in [1.807, 2.05) is 0 Å². The zero-order chi connectivity index (χ0) is 13.7. The highest BCUT2D eigenvalue weighted by atomic mass is 15.2. The molecule has 0 aromatic carbocycles. The third-order valence-corrected chi connectivity index (χ3v) is 5.34. The van der Waals surface area contributed by atoms with E-state index in [1.54, 1.807) is 0 Å². The van der Waals surface area contributed by atoms with Gasteiger partial charge in [-0.15, -0.1) is 0 Å². The van der Waals surface area contributed by atoms with Crippen LogP contribution in [-0.4, -0.2) is 36.6 Å². The van der Waals surface area contributed by atoms with Crippen LogP contribution in [0.25, 0.3) is 0 Å². The molecule has 0 aromatic rings. The molecule has 2 fully saturated rings. The second kappa shape index (κ2) is 7.08. The molecule has 0 bridgehead atoms. The summed E-state index contributed by atoms with van der Waals surface area (Å²) in [6.45, 7) is 10.8. The van der Waals surface area contributed by atoms with E-state index >= 15 is 0 Å². The molecule has 1 N–H and O–H groups in total. The third-order valence-electron chi connectivity index (χ3n) is 5.34. The first-order valence-corrected chi connectivity index (χ1v) is 8.70. The molecule has 1 saturated heterocycles. The normalized spacial score (nSPS) is 31.1. The minimum atomic E-state index is 0.696. The Hall–Kier alpha value is -0.0800. The Morgan fingerprint density at radius 3 is 2.00 bits per heavy atom. The van der Waals surface area contributed by atoms with E-state index in [1.165, 1.54) is 64.5 Å². The highest BCUT2D eigenvalue weighted by Crippen LogP contribution is 2.42. The van der Waals surface area contributed by atoms with E-state index < -0.39 is 0 Å². The Morgan fingerprint density at radius 1 is 0.947 bits per heavy atom. The average molecular weight is 266 g/mol. The summed E-state index contributed by atoms with van der Waals surface area (Å²) in [6.07, 6.45) is 11.3. The molecule has 0 amide bonds. The number of rotatable bonds is 7. The molecule has 2 nitrogen and oxygen atoms in total. The zero-order valence-corrected chi connectivity index (χ0v) is 13.4. The molecule has 0 radical (unpaired) electrons. The van der Waals surface area contributed by atoms with Crippen molar-refractivity contribution in [1.29, 1.82) is 0 Å². The van der Waals surface area contributed by atoms with Crippen molar-refractivity contribution in [3.8, 4) is 0 Å². The van der Waals surface area contributed by atoms with Crippen LogP contribution < -0.4 is 5.32 Å². The highest BCUT2D eigenvalue weighted by molar-refractivity contribution is 4.98. The van der Waals surface area contributed by atoms with E-state index in [2.05, 4.69) is 31.0 Å². The highest BCUT2D eigenvalue weighted by Gasteiger charge is 2.44. The first-order valence-electron chi connectivity index (χ1n) is 8.70. The SMILES string of the molecule is CCCC1(CCC)CN(C2CCC(NCC)CC2)C1. The molecule has 1 aliphatic carbocycles. The fourth-order valence-electron chi connectivity index (χ4n) is 4.51. The Labute approximate surface area is 120 Å². The van der Waals surface area contributed by atoms with Crippen LogP contribution in [-0.2, 0) is 0 Å². The summed E-state index contributed by atoms with van der Waals surface area (Å²) in [4.78, 5) is 2.80. The molecular weight excluding hydrogens is 232 g/mol. The predicted octanol–water partition coefficient (Wildman–Crippen LogP) is 3.81. The molecular formula is C17H34N2. The van der Waals surface area contributed by atoms with Crippen LogP contribution in [0.4, 0.5) is 0 Å². The summed E-state index contributed by atoms with van der Waals surface area (Å²) in [5.74, 6) is 0. The Bertz CT molecular complexity index is 242. The van der Waals surface area contributed by atoms with Gasteiger partial charge in [0.25, 0.3) is 0 Å². The molecule has 2 aliphatic rings. The molecule has 0 unspecified atom stereocenters. The van der Waals surface area contributed by atoms with Gasteiger partial charge in [-0.05, 0) is 50.5 Å². The molecule has 0 aromatic heterocycles. The van der Waals surface area contributed by atoms with E-state index in [0.29, 0.717) is 5.41 Å². The maximum Gasteiger partial charge on any atom is 0.00968 e. The van der Waals surface area contributed by atoms with Gasteiger partial charge in [0.15, 0.2) is 0 Å². The second-order valence-electron chi connectivity index (χ2n) is 6.97. The molecule has 2 heteroatoms. The van der Waals surface area contributed by atoms with Crippen LogP contribution >= 0.6 is 0 Å². The minimum Gasteiger partial charge on any atom is -0.314 e. The van der Waals surface area contributed by atoms with Crippen molar-refractivity contribution in [2.24, 2.45) is 5.41 Å². The van der Waals surface area contributed by atoms with Gasteiger partial charge in [-0.25, -0.2) is 0 Å². The van der Waals surface area contributed by atoms with Crippen molar-refractivity contribution in [3.63, 3.8) is 0 Å². The summed E-state index contributed by atoms with van der Waals surface area (Å²) in [5, 5.41) is 3.62. The number of nitrogens with one attached hydrogen (secondary N) is 1. The summed E-state index contributed by atoms with van der Waals surface area (Å²) in [7, 11) is 0. The quantitative estimate of drug-likeness (QED) is 0.754. The summed E-state index contributed by atoms with van der Waals surface area (Å²) < 4.78 is 0. The maximum absolute atomic E-state index is 3.62. The third kappa shape index (κ3) is 3.72. The lowest BCUT2D eigenvalue weighted by molar-refractivity contribution is -0.0542. The van der Waals surface area contributed by atoms with Gasteiger partial charge in [-0.2, -0.15) is 0 Å². The van der Waals surface area contributed by atoms with Gasteiger partial charge in [0.1, 0.15) is 0 Å². The van der Waals surface area contributed by atoms with Crippen LogP contribution in [0.5, 0.6) is 0 Å². The Morgan fingerprint density at radius 2 is 1.53 bits per heavy atom. The standard InChI is InChI=1S/C17H34N2/c1-4-11-17(12-5-2)13-19(14-17)16-9-7-15(8-10-16)18-6-3/h15-16,18H,4-14H2,1-3H3. The van der Waals surface area contributed by atoms with E-state index in [-0.39, 0.29) is 0 Å². The molecule has 0 atom stereocenters. The molecule has 1 heterocycles. The van der Waals surface area contributed by atoms with Crippen molar-refractivity contribution >= 4 is 0 Å². The van der Waals surface area contributed by atoms with Crippen molar-refractivity contribution in [3.05, 3.63) is 0 Å². The predicted molar refractivity (Wildman–Crippen MR) is 83.5 cm³/mol. The van der Waals surface area contributed by atoms with Crippen molar-refractivity contribution in [2.75, 3.05) is 19.6 Å². The largest absolute Gasteiger partial charge is 0.314 e. The summed E-state index contributed by atoms with van der Waals surface area (Å²) in [6, 6.07) is 1.70.